The van der Waals surface area contributed by atoms with Gasteiger partial charge in [-0.15, -0.1) is 0 Å². The number of hydrogen-bond donors (Lipinski definition) is 2. The zero-order chi connectivity index (χ0) is 17.4. The summed E-state index contributed by atoms with van der Waals surface area (Å²) in [6.45, 7) is 3.01. The minimum atomic E-state index is 0.207. The Morgan fingerprint density at radius 3 is 2.60 bits per heavy atom. The van der Waals surface area contributed by atoms with E-state index in [0.717, 1.165) is 28.1 Å². The van der Waals surface area contributed by atoms with E-state index in [1.807, 2.05) is 43.5 Å². The fraction of sp³-hybridized carbons (Fsp3) is 0.158. The third-order valence-corrected chi connectivity index (χ3v) is 4.21. The average molecular weight is 332 g/mol. The summed E-state index contributed by atoms with van der Waals surface area (Å²) in [6.07, 6.45) is 1.82. The Morgan fingerprint density at radius 2 is 1.92 bits per heavy atom. The number of anilines is 1. The molecule has 0 amide bonds. The molecule has 4 rings (SSSR count). The number of benzene rings is 1. The predicted octanol–water partition coefficient (Wildman–Crippen LogP) is 3.28. The minimum absolute atomic E-state index is 0.207. The van der Waals surface area contributed by atoms with Crippen LogP contribution in [0.4, 0.5) is 5.82 Å². The molecular weight excluding hydrogens is 316 g/mol. The zero-order valence-electron chi connectivity index (χ0n) is 13.7. The van der Waals surface area contributed by atoms with E-state index < -0.39 is 0 Å². The first-order chi connectivity index (χ1) is 12.2. The lowest BCUT2D eigenvalue weighted by molar-refractivity contribution is 0.171. The van der Waals surface area contributed by atoms with E-state index in [0.29, 0.717) is 30.2 Å². The van der Waals surface area contributed by atoms with Crippen molar-refractivity contribution in [2.75, 3.05) is 18.9 Å². The van der Waals surface area contributed by atoms with Gasteiger partial charge in [-0.2, -0.15) is 5.26 Å². The van der Waals surface area contributed by atoms with E-state index in [1.54, 1.807) is 0 Å². The summed E-state index contributed by atoms with van der Waals surface area (Å²) < 4.78 is 11.3. The minimum Gasteiger partial charge on any atom is -0.486 e. The van der Waals surface area contributed by atoms with E-state index in [1.165, 1.54) is 0 Å². The lowest BCUT2D eigenvalue weighted by Crippen LogP contribution is -2.15. The molecule has 6 heteroatoms. The normalized spacial score (nSPS) is 12.6. The maximum atomic E-state index is 9.58. The summed E-state index contributed by atoms with van der Waals surface area (Å²) in [7, 11) is 0. The highest BCUT2D eigenvalue weighted by atomic mass is 16.6. The van der Waals surface area contributed by atoms with Crippen molar-refractivity contribution in [3.05, 3.63) is 47.7 Å². The lowest BCUT2D eigenvalue weighted by atomic mass is 9.95. The van der Waals surface area contributed by atoms with Crippen LogP contribution < -0.4 is 15.2 Å². The van der Waals surface area contributed by atoms with Crippen molar-refractivity contribution in [2.24, 2.45) is 0 Å². The zero-order valence-corrected chi connectivity index (χ0v) is 13.7. The third-order valence-electron chi connectivity index (χ3n) is 4.21. The van der Waals surface area contributed by atoms with Crippen LogP contribution in [0.3, 0.4) is 0 Å². The van der Waals surface area contributed by atoms with Crippen LogP contribution in [0.15, 0.2) is 36.5 Å². The Kier molecular flexibility index (Phi) is 3.55. The molecule has 3 aromatic rings. The Labute approximate surface area is 144 Å². The second-order valence-electron chi connectivity index (χ2n) is 5.82. The van der Waals surface area contributed by atoms with Crippen LogP contribution in [0, 0.1) is 18.3 Å². The first-order valence-corrected chi connectivity index (χ1v) is 7.92. The lowest BCUT2D eigenvalue weighted by Gasteiger charge is -2.21. The number of ether oxygens (including phenoxy) is 2. The van der Waals surface area contributed by atoms with Crippen LogP contribution in [0.25, 0.3) is 22.5 Å². The number of fused-ring (bicyclic) bond motifs is 1. The number of nitrogens with zero attached hydrogens (tertiary/aromatic N) is 2. The maximum Gasteiger partial charge on any atom is 0.161 e. The second kappa shape index (κ2) is 5.87. The molecule has 0 fully saturated rings. The molecule has 0 saturated carbocycles. The standard InChI is InChI=1S/C19H16N4O2/c1-11-7-17-18(25-6-5-24-17)9-12(11)13-8-16(15-3-2-4-22-15)23-19(21)14(13)10-20/h2-4,7-9,22H,5-6H2,1H3,(H2,21,23). The Hall–Kier alpha value is -3.46. The highest BCUT2D eigenvalue weighted by Gasteiger charge is 2.19. The van der Waals surface area contributed by atoms with Crippen LogP contribution in [0.1, 0.15) is 11.1 Å². The van der Waals surface area contributed by atoms with Crippen molar-refractivity contribution >= 4 is 5.82 Å². The monoisotopic (exact) mass is 332 g/mol. The van der Waals surface area contributed by atoms with Gasteiger partial charge in [0.05, 0.1) is 11.4 Å². The van der Waals surface area contributed by atoms with Crippen LogP contribution in [0.2, 0.25) is 0 Å². The van der Waals surface area contributed by atoms with Crippen LogP contribution in [0.5, 0.6) is 11.5 Å². The number of aryl methyl sites for hydroxylation is 1. The van der Waals surface area contributed by atoms with Crippen LogP contribution in [-0.4, -0.2) is 23.2 Å². The van der Waals surface area contributed by atoms with Crippen molar-refractivity contribution in [3.63, 3.8) is 0 Å². The first kappa shape index (κ1) is 15.1. The number of hydrogen-bond acceptors (Lipinski definition) is 5. The molecule has 1 aliphatic heterocycles. The molecule has 25 heavy (non-hydrogen) atoms. The third kappa shape index (κ3) is 2.56. The van der Waals surface area contributed by atoms with Crippen LogP contribution >= 0.6 is 0 Å². The Balaban J connectivity index is 1.94. The van der Waals surface area contributed by atoms with Gasteiger partial charge < -0.3 is 20.2 Å². The molecule has 0 unspecified atom stereocenters. The van der Waals surface area contributed by atoms with Crippen molar-refractivity contribution in [1.29, 1.82) is 5.26 Å². The molecule has 3 heterocycles. The predicted molar refractivity (Wildman–Crippen MR) is 94.3 cm³/mol. The van der Waals surface area contributed by atoms with Gasteiger partial charge >= 0.3 is 0 Å². The number of nitrogens with two attached hydrogens (primary N) is 1. The van der Waals surface area contributed by atoms with Gasteiger partial charge in [0.2, 0.25) is 0 Å². The highest BCUT2D eigenvalue weighted by molar-refractivity contribution is 5.82. The molecule has 0 bridgehead atoms. The summed E-state index contributed by atoms with van der Waals surface area (Å²) in [6, 6.07) is 11.7. The molecule has 1 aliphatic rings. The average Bonchev–Trinajstić information content (AvgIpc) is 3.15. The van der Waals surface area contributed by atoms with Crippen molar-refractivity contribution in [2.45, 2.75) is 6.92 Å². The number of aromatic nitrogens is 2. The molecule has 0 atom stereocenters. The molecule has 0 aliphatic carbocycles. The van der Waals surface area contributed by atoms with Gasteiger partial charge in [0.1, 0.15) is 30.7 Å². The maximum absolute atomic E-state index is 9.58. The first-order valence-electron chi connectivity index (χ1n) is 7.92. The number of nitrogen functional groups attached to an aromatic ring is 1. The van der Waals surface area contributed by atoms with Gasteiger partial charge in [-0.25, -0.2) is 4.98 Å². The van der Waals surface area contributed by atoms with Gasteiger partial charge in [-0.3, -0.25) is 0 Å². The van der Waals surface area contributed by atoms with E-state index >= 15 is 0 Å². The largest absolute Gasteiger partial charge is 0.486 e. The SMILES string of the molecule is Cc1cc2c(cc1-c1cc(-c3ccc[nH]3)nc(N)c1C#N)OCCO2. The summed E-state index contributed by atoms with van der Waals surface area (Å²) in [5.74, 6) is 1.60. The van der Waals surface area contributed by atoms with Gasteiger partial charge in [0, 0.05) is 11.8 Å². The van der Waals surface area contributed by atoms with E-state index in [4.69, 9.17) is 15.2 Å². The number of aromatic amines is 1. The Morgan fingerprint density at radius 1 is 1.16 bits per heavy atom. The van der Waals surface area contributed by atoms with Crippen LogP contribution in [-0.2, 0) is 0 Å². The summed E-state index contributed by atoms with van der Waals surface area (Å²) in [5.41, 5.74) is 10.5. The molecule has 0 radical (unpaired) electrons. The van der Waals surface area contributed by atoms with E-state index in [-0.39, 0.29) is 5.82 Å². The molecule has 0 spiro atoms. The molecule has 2 aromatic heterocycles. The molecule has 1 aromatic carbocycles. The van der Waals surface area contributed by atoms with Gasteiger partial charge in [-0.1, -0.05) is 0 Å². The van der Waals surface area contributed by atoms with Gasteiger partial charge in [0.15, 0.2) is 11.5 Å². The second-order valence-corrected chi connectivity index (χ2v) is 5.82. The van der Waals surface area contributed by atoms with Crippen molar-refractivity contribution in [3.8, 4) is 40.1 Å². The van der Waals surface area contributed by atoms with E-state index in [2.05, 4.69) is 16.0 Å². The number of nitriles is 1. The number of nitrogens with one attached hydrogen (secondary N) is 1. The smallest absolute Gasteiger partial charge is 0.161 e. The molecule has 3 N–H and O–H groups in total. The molecule has 0 saturated heterocycles. The summed E-state index contributed by atoms with van der Waals surface area (Å²) in [5, 5.41) is 9.58. The van der Waals surface area contributed by atoms with Gasteiger partial charge in [0.25, 0.3) is 0 Å². The summed E-state index contributed by atoms with van der Waals surface area (Å²) in [4.78, 5) is 7.47. The molecule has 6 nitrogen and oxygen atoms in total. The quantitative estimate of drug-likeness (QED) is 0.750. The number of rotatable bonds is 2. The van der Waals surface area contributed by atoms with E-state index in [9.17, 15) is 5.26 Å². The summed E-state index contributed by atoms with van der Waals surface area (Å²) >= 11 is 0. The molecule has 124 valence electrons. The highest BCUT2D eigenvalue weighted by Crippen LogP contribution is 2.39. The van der Waals surface area contributed by atoms with Crippen molar-refractivity contribution in [1.82, 2.24) is 9.97 Å². The molecular formula is C19H16N4O2. The number of pyridine rings is 1. The topological polar surface area (TPSA) is 97.0 Å². The number of H-pyrrole nitrogens is 1. The fourth-order valence-electron chi connectivity index (χ4n) is 3.00. The van der Waals surface area contributed by atoms with Gasteiger partial charge in [-0.05, 0) is 48.4 Å². The Bertz CT molecular complexity index is 988. The van der Waals surface area contributed by atoms with Crippen molar-refractivity contribution < 1.29 is 9.47 Å². The fourth-order valence-corrected chi connectivity index (χ4v) is 3.00.